The van der Waals surface area contributed by atoms with Crippen molar-refractivity contribution in [1.82, 2.24) is 20.2 Å². The van der Waals surface area contributed by atoms with Gasteiger partial charge in [-0.05, 0) is 81.7 Å². The topological polar surface area (TPSA) is 99.0 Å². The summed E-state index contributed by atoms with van der Waals surface area (Å²) >= 11 is 3.30. The second-order valence-electron chi connectivity index (χ2n) is 6.16. The molecule has 0 radical (unpaired) electrons. The summed E-state index contributed by atoms with van der Waals surface area (Å²) in [4.78, 5) is 0.136. The number of sulfonamides is 1. The Kier molecular flexibility index (Phi) is 4.60. The molecule has 3 aromatic rings. The molecule has 140 valence electrons. The highest BCUT2D eigenvalue weighted by molar-refractivity contribution is 9.10. The number of rotatable bonds is 6. The van der Waals surface area contributed by atoms with E-state index in [-0.39, 0.29) is 4.90 Å². The summed E-state index contributed by atoms with van der Waals surface area (Å²) in [6, 6.07) is 11.9. The van der Waals surface area contributed by atoms with Crippen molar-refractivity contribution in [3.8, 4) is 17.1 Å². The SMILES string of the molecule is COc1ccc(S(=O)(=O)Nc2ccc(-c3nnnn3C3CC3)cc2)cc1Br. The third-order valence-corrected chi connectivity index (χ3v) is 6.21. The minimum absolute atomic E-state index is 0.136. The Morgan fingerprint density at radius 2 is 1.93 bits per heavy atom. The second-order valence-corrected chi connectivity index (χ2v) is 8.69. The Morgan fingerprint density at radius 1 is 1.19 bits per heavy atom. The van der Waals surface area contributed by atoms with Gasteiger partial charge in [-0.2, -0.15) is 0 Å². The van der Waals surface area contributed by atoms with Crippen LogP contribution in [0.2, 0.25) is 0 Å². The van der Waals surface area contributed by atoms with Crippen LogP contribution in [0.4, 0.5) is 5.69 Å². The first kappa shape index (κ1) is 17.9. The second kappa shape index (κ2) is 6.93. The highest BCUT2D eigenvalue weighted by Gasteiger charge is 2.28. The zero-order valence-electron chi connectivity index (χ0n) is 14.3. The van der Waals surface area contributed by atoms with Crippen molar-refractivity contribution in [3.63, 3.8) is 0 Å². The number of tetrazole rings is 1. The van der Waals surface area contributed by atoms with Crippen LogP contribution in [-0.4, -0.2) is 35.7 Å². The molecule has 1 saturated carbocycles. The molecule has 0 unspecified atom stereocenters. The molecule has 1 fully saturated rings. The number of nitrogens with zero attached hydrogens (tertiary/aromatic N) is 4. The first-order valence-corrected chi connectivity index (χ1v) is 10.5. The van der Waals surface area contributed by atoms with E-state index in [2.05, 4.69) is 36.2 Å². The number of anilines is 1. The smallest absolute Gasteiger partial charge is 0.261 e. The summed E-state index contributed by atoms with van der Waals surface area (Å²) in [6.45, 7) is 0. The fourth-order valence-corrected chi connectivity index (χ4v) is 4.44. The Balaban J connectivity index is 1.55. The van der Waals surface area contributed by atoms with Crippen LogP contribution in [0.3, 0.4) is 0 Å². The van der Waals surface area contributed by atoms with E-state index >= 15 is 0 Å². The number of hydrogen-bond donors (Lipinski definition) is 1. The molecule has 10 heteroatoms. The van der Waals surface area contributed by atoms with Crippen LogP contribution < -0.4 is 9.46 Å². The van der Waals surface area contributed by atoms with Gasteiger partial charge in [0, 0.05) is 11.3 Å². The normalized spacial score (nSPS) is 14.1. The van der Waals surface area contributed by atoms with Crippen molar-refractivity contribution in [2.24, 2.45) is 0 Å². The predicted molar refractivity (Wildman–Crippen MR) is 103 cm³/mol. The first-order chi connectivity index (χ1) is 13.0. The quantitative estimate of drug-likeness (QED) is 0.619. The van der Waals surface area contributed by atoms with Crippen LogP contribution in [0.5, 0.6) is 5.75 Å². The lowest BCUT2D eigenvalue weighted by atomic mass is 10.2. The van der Waals surface area contributed by atoms with Gasteiger partial charge in [0.25, 0.3) is 10.0 Å². The van der Waals surface area contributed by atoms with E-state index in [1.807, 2.05) is 4.68 Å². The molecule has 0 aliphatic heterocycles. The molecule has 27 heavy (non-hydrogen) atoms. The van der Waals surface area contributed by atoms with E-state index in [4.69, 9.17) is 4.74 Å². The Bertz CT molecular complexity index is 1080. The number of ether oxygens (including phenoxy) is 1. The van der Waals surface area contributed by atoms with E-state index < -0.39 is 10.0 Å². The maximum atomic E-state index is 12.6. The number of hydrogen-bond acceptors (Lipinski definition) is 6. The first-order valence-electron chi connectivity index (χ1n) is 8.22. The standard InChI is InChI=1S/C17H16BrN5O3S/c1-26-16-9-8-14(10-15(16)18)27(24,25)20-12-4-2-11(3-5-12)17-19-21-22-23(17)13-6-7-13/h2-5,8-10,13,20H,6-7H2,1H3. The molecule has 0 atom stereocenters. The van der Waals surface area contributed by atoms with Crippen LogP contribution in [-0.2, 0) is 10.0 Å². The number of nitrogens with one attached hydrogen (secondary N) is 1. The van der Waals surface area contributed by atoms with Gasteiger partial charge in [0.15, 0.2) is 5.82 Å². The van der Waals surface area contributed by atoms with Crippen LogP contribution in [0.25, 0.3) is 11.4 Å². The lowest BCUT2D eigenvalue weighted by molar-refractivity contribution is 0.411. The van der Waals surface area contributed by atoms with Gasteiger partial charge in [0.05, 0.1) is 22.5 Å². The summed E-state index contributed by atoms with van der Waals surface area (Å²) in [5.41, 5.74) is 1.29. The van der Waals surface area contributed by atoms with Crippen molar-refractivity contribution >= 4 is 31.6 Å². The zero-order valence-corrected chi connectivity index (χ0v) is 16.7. The minimum Gasteiger partial charge on any atom is -0.496 e. The molecule has 8 nitrogen and oxygen atoms in total. The number of halogens is 1. The largest absolute Gasteiger partial charge is 0.496 e. The van der Waals surface area contributed by atoms with Gasteiger partial charge in [-0.15, -0.1) is 5.10 Å². The number of methoxy groups -OCH3 is 1. The fraction of sp³-hybridized carbons (Fsp3) is 0.235. The molecular formula is C17H16BrN5O3S. The monoisotopic (exact) mass is 449 g/mol. The Hall–Kier alpha value is -2.46. The van der Waals surface area contributed by atoms with E-state index in [1.165, 1.54) is 19.2 Å². The van der Waals surface area contributed by atoms with Gasteiger partial charge in [-0.3, -0.25) is 4.72 Å². The molecule has 4 rings (SSSR count). The maximum absolute atomic E-state index is 12.6. The molecule has 1 aromatic heterocycles. The van der Waals surface area contributed by atoms with Gasteiger partial charge >= 0.3 is 0 Å². The molecule has 1 N–H and O–H groups in total. The Labute approximate surface area is 164 Å². The molecule has 2 aromatic carbocycles. The summed E-state index contributed by atoms with van der Waals surface area (Å²) in [5.74, 6) is 1.25. The highest BCUT2D eigenvalue weighted by atomic mass is 79.9. The van der Waals surface area contributed by atoms with Crippen molar-refractivity contribution in [2.45, 2.75) is 23.8 Å². The summed E-state index contributed by atoms with van der Waals surface area (Å²) in [7, 11) is -2.20. The van der Waals surface area contributed by atoms with Crippen molar-refractivity contribution in [1.29, 1.82) is 0 Å². The molecule has 0 spiro atoms. The van der Waals surface area contributed by atoms with Crippen LogP contribution in [0, 0.1) is 0 Å². The summed E-state index contributed by atoms with van der Waals surface area (Å²) < 4.78 is 35.3. The molecular weight excluding hydrogens is 434 g/mol. The van der Waals surface area contributed by atoms with Crippen LogP contribution in [0.1, 0.15) is 18.9 Å². The van der Waals surface area contributed by atoms with Crippen LogP contribution in [0.15, 0.2) is 51.8 Å². The van der Waals surface area contributed by atoms with E-state index in [1.54, 1.807) is 30.3 Å². The predicted octanol–water partition coefficient (Wildman–Crippen LogP) is 3.25. The van der Waals surface area contributed by atoms with Crippen molar-refractivity contribution < 1.29 is 13.2 Å². The van der Waals surface area contributed by atoms with Gasteiger partial charge < -0.3 is 4.74 Å². The van der Waals surface area contributed by atoms with Gasteiger partial charge in [0.1, 0.15) is 5.75 Å². The lowest BCUT2D eigenvalue weighted by Crippen LogP contribution is -2.13. The molecule has 1 aliphatic rings. The van der Waals surface area contributed by atoms with Crippen LogP contribution >= 0.6 is 15.9 Å². The van der Waals surface area contributed by atoms with Gasteiger partial charge in [-0.1, -0.05) is 0 Å². The molecule has 0 bridgehead atoms. The zero-order chi connectivity index (χ0) is 19.0. The molecule has 0 amide bonds. The van der Waals surface area contributed by atoms with Gasteiger partial charge in [-0.25, -0.2) is 13.1 Å². The van der Waals surface area contributed by atoms with E-state index in [0.717, 1.165) is 18.4 Å². The summed E-state index contributed by atoms with van der Waals surface area (Å²) in [5, 5.41) is 11.8. The molecule has 0 saturated heterocycles. The molecule has 1 aliphatic carbocycles. The maximum Gasteiger partial charge on any atom is 0.261 e. The highest BCUT2D eigenvalue weighted by Crippen LogP contribution is 2.36. The number of benzene rings is 2. The third-order valence-electron chi connectivity index (χ3n) is 4.21. The van der Waals surface area contributed by atoms with Crippen molar-refractivity contribution in [2.75, 3.05) is 11.8 Å². The third kappa shape index (κ3) is 3.67. The van der Waals surface area contributed by atoms with Gasteiger partial charge in [0.2, 0.25) is 0 Å². The van der Waals surface area contributed by atoms with E-state index in [0.29, 0.717) is 27.8 Å². The Morgan fingerprint density at radius 3 is 2.56 bits per heavy atom. The average molecular weight is 450 g/mol. The molecule has 1 heterocycles. The lowest BCUT2D eigenvalue weighted by Gasteiger charge is -2.10. The number of aromatic nitrogens is 4. The average Bonchev–Trinajstić information content (AvgIpc) is 3.39. The minimum atomic E-state index is -3.72. The van der Waals surface area contributed by atoms with E-state index in [9.17, 15) is 8.42 Å². The fourth-order valence-electron chi connectivity index (χ4n) is 2.66. The van der Waals surface area contributed by atoms with Crippen molar-refractivity contribution in [3.05, 3.63) is 46.9 Å². The summed E-state index contributed by atoms with van der Waals surface area (Å²) in [6.07, 6.45) is 2.15.